The molecule has 0 bridgehead atoms. The number of para-hydroxylation sites is 1. The third-order valence-electron chi connectivity index (χ3n) is 3.95. The molecular formula is C16H20N4O2S. The second-order valence-corrected chi connectivity index (χ2v) is 6.46. The molecule has 122 valence electrons. The Bertz CT molecular complexity index is 701. The molecule has 2 heterocycles. The highest BCUT2D eigenvalue weighted by Crippen LogP contribution is 2.30. The second-order valence-electron chi connectivity index (χ2n) is 5.40. The summed E-state index contributed by atoms with van der Waals surface area (Å²) in [6.45, 7) is 1.64. The van der Waals surface area contributed by atoms with Gasteiger partial charge >= 0.3 is 0 Å². The number of carbonyl (C=O) groups is 1. The van der Waals surface area contributed by atoms with E-state index in [4.69, 9.17) is 4.74 Å². The number of methoxy groups -OCH3 is 1. The lowest BCUT2D eigenvalue weighted by Gasteiger charge is -2.14. The molecule has 0 unspecified atom stereocenters. The highest BCUT2D eigenvalue weighted by atomic mass is 32.2. The van der Waals surface area contributed by atoms with Gasteiger partial charge in [0.15, 0.2) is 11.0 Å². The van der Waals surface area contributed by atoms with Gasteiger partial charge in [-0.2, -0.15) is 0 Å². The van der Waals surface area contributed by atoms with Gasteiger partial charge in [0.25, 0.3) is 0 Å². The quantitative estimate of drug-likeness (QED) is 0.759. The van der Waals surface area contributed by atoms with Gasteiger partial charge in [0.1, 0.15) is 5.75 Å². The van der Waals surface area contributed by atoms with Crippen LogP contribution < -0.4 is 4.74 Å². The zero-order valence-electron chi connectivity index (χ0n) is 13.4. The molecule has 1 amide bonds. The molecule has 3 rings (SSSR count). The Morgan fingerprint density at radius 3 is 2.87 bits per heavy atom. The first-order valence-corrected chi connectivity index (χ1v) is 8.62. The molecule has 1 aliphatic heterocycles. The standard InChI is InChI=1S/C16H20N4O2S/c1-19-15(12-6-3-4-7-13(12)22-2)17-18-16(19)23-11-10-20-9-5-8-14(20)21/h3-4,6-7H,5,8-11H2,1-2H3. The number of hydrogen-bond donors (Lipinski definition) is 0. The number of thioether (sulfide) groups is 1. The molecule has 1 fully saturated rings. The first-order valence-electron chi connectivity index (χ1n) is 7.64. The first kappa shape index (κ1) is 15.9. The van der Waals surface area contributed by atoms with E-state index in [1.54, 1.807) is 18.9 Å². The van der Waals surface area contributed by atoms with E-state index in [0.29, 0.717) is 6.42 Å². The molecule has 1 aromatic carbocycles. The van der Waals surface area contributed by atoms with E-state index in [0.717, 1.165) is 47.6 Å². The predicted molar refractivity (Wildman–Crippen MR) is 89.5 cm³/mol. The number of ether oxygens (including phenoxy) is 1. The second kappa shape index (κ2) is 7.04. The fourth-order valence-corrected chi connectivity index (χ4v) is 3.57. The van der Waals surface area contributed by atoms with Crippen molar-refractivity contribution >= 4 is 17.7 Å². The van der Waals surface area contributed by atoms with Crippen molar-refractivity contribution in [3.05, 3.63) is 24.3 Å². The van der Waals surface area contributed by atoms with Crippen molar-refractivity contribution in [1.29, 1.82) is 0 Å². The van der Waals surface area contributed by atoms with Gasteiger partial charge in [-0.05, 0) is 18.6 Å². The largest absolute Gasteiger partial charge is 0.496 e. The summed E-state index contributed by atoms with van der Waals surface area (Å²) in [6, 6.07) is 7.77. The number of rotatable bonds is 6. The summed E-state index contributed by atoms with van der Waals surface area (Å²) < 4.78 is 7.36. The molecule has 7 heteroatoms. The van der Waals surface area contributed by atoms with Crippen molar-refractivity contribution in [2.75, 3.05) is 26.0 Å². The van der Waals surface area contributed by atoms with Crippen LogP contribution >= 0.6 is 11.8 Å². The molecule has 1 aliphatic rings. The average Bonchev–Trinajstić information content (AvgIpc) is 3.14. The van der Waals surface area contributed by atoms with Crippen LogP contribution in [0.3, 0.4) is 0 Å². The van der Waals surface area contributed by atoms with Crippen LogP contribution in [-0.2, 0) is 11.8 Å². The number of hydrogen-bond acceptors (Lipinski definition) is 5. The van der Waals surface area contributed by atoms with Gasteiger partial charge in [-0.15, -0.1) is 10.2 Å². The predicted octanol–water partition coefficient (Wildman–Crippen LogP) is 2.21. The van der Waals surface area contributed by atoms with Crippen LogP contribution in [0.1, 0.15) is 12.8 Å². The fourth-order valence-electron chi connectivity index (χ4n) is 2.69. The monoisotopic (exact) mass is 332 g/mol. The molecule has 0 N–H and O–H groups in total. The molecule has 1 aromatic heterocycles. The minimum atomic E-state index is 0.262. The summed E-state index contributed by atoms with van der Waals surface area (Å²) in [5, 5.41) is 9.40. The number of nitrogens with zero attached hydrogens (tertiary/aromatic N) is 4. The number of aromatic nitrogens is 3. The smallest absolute Gasteiger partial charge is 0.222 e. The minimum Gasteiger partial charge on any atom is -0.496 e. The number of carbonyl (C=O) groups excluding carboxylic acids is 1. The molecular weight excluding hydrogens is 312 g/mol. The third-order valence-corrected chi connectivity index (χ3v) is 4.95. The lowest BCUT2D eigenvalue weighted by Crippen LogP contribution is -2.26. The van der Waals surface area contributed by atoms with E-state index in [2.05, 4.69) is 10.2 Å². The van der Waals surface area contributed by atoms with Crippen molar-refractivity contribution in [2.45, 2.75) is 18.0 Å². The van der Waals surface area contributed by atoms with E-state index >= 15 is 0 Å². The summed E-state index contributed by atoms with van der Waals surface area (Å²) in [5.41, 5.74) is 0.923. The Morgan fingerprint density at radius 1 is 1.30 bits per heavy atom. The maximum atomic E-state index is 11.6. The first-order chi connectivity index (χ1) is 11.2. The SMILES string of the molecule is COc1ccccc1-c1nnc(SCCN2CCCC2=O)n1C. The molecule has 0 spiro atoms. The molecule has 0 atom stereocenters. The number of likely N-dealkylation sites (tertiary alicyclic amines) is 1. The van der Waals surface area contributed by atoms with E-state index < -0.39 is 0 Å². The van der Waals surface area contributed by atoms with Crippen LogP contribution in [-0.4, -0.2) is 51.5 Å². The van der Waals surface area contributed by atoms with Crippen LogP contribution in [0.25, 0.3) is 11.4 Å². The molecule has 23 heavy (non-hydrogen) atoms. The van der Waals surface area contributed by atoms with E-state index in [-0.39, 0.29) is 5.91 Å². The Hall–Kier alpha value is -2.02. The minimum absolute atomic E-state index is 0.262. The van der Waals surface area contributed by atoms with Gasteiger partial charge < -0.3 is 14.2 Å². The maximum absolute atomic E-state index is 11.6. The number of benzene rings is 1. The van der Waals surface area contributed by atoms with Crippen LogP contribution in [0, 0.1) is 0 Å². The highest BCUT2D eigenvalue weighted by Gasteiger charge is 2.20. The van der Waals surface area contributed by atoms with Crippen molar-refractivity contribution in [3.8, 4) is 17.1 Å². The normalized spacial score (nSPS) is 14.5. The molecule has 1 saturated heterocycles. The Balaban J connectivity index is 1.68. The highest BCUT2D eigenvalue weighted by molar-refractivity contribution is 7.99. The zero-order valence-corrected chi connectivity index (χ0v) is 14.2. The van der Waals surface area contributed by atoms with Crippen molar-refractivity contribution in [1.82, 2.24) is 19.7 Å². The van der Waals surface area contributed by atoms with Gasteiger partial charge in [-0.25, -0.2) is 0 Å². The molecule has 2 aromatic rings. The maximum Gasteiger partial charge on any atom is 0.222 e. The average molecular weight is 332 g/mol. The number of amides is 1. The Kier molecular flexibility index (Phi) is 4.85. The van der Waals surface area contributed by atoms with Crippen molar-refractivity contribution in [2.24, 2.45) is 7.05 Å². The van der Waals surface area contributed by atoms with Crippen LogP contribution in [0.2, 0.25) is 0 Å². The lowest BCUT2D eigenvalue weighted by atomic mass is 10.2. The van der Waals surface area contributed by atoms with Gasteiger partial charge in [0.2, 0.25) is 5.91 Å². The fraction of sp³-hybridized carbons (Fsp3) is 0.438. The molecule has 6 nitrogen and oxygen atoms in total. The van der Waals surface area contributed by atoms with Crippen LogP contribution in [0.4, 0.5) is 0 Å². The molecule has 0 saturated carbocycles. The summed E-state index contributed by atoms with van der Waals surface area (Å²) >= 11 is 1.62. The van der Waals surface area contributed by atoms with E-state index in [1.165, 1.54) is 0 Å². The van der Waals surface area contributed by atoms with Crippen LogP contribution in [0.5, 0.6) is 5.75 Å². The zero-order chi connectivity index (χ0) is 16.2. The van der Waals surface area contributed by atoms with Gasteiger partial charge in [0, 0.05) is 32.3 Å². The molecule has 0 radical (unpaired) electrons. The van der Waals surface area contributed by atoms with Crippen molar-refractivity contribution < 1.29 is 9.53 Å². The Morgan fingerprint density at radius 2 is 2.13 bits per heavy atom. The summed E-state index contributed by atoms with van der Waals surface area (Å²) in [4.78, 5) is 13.5. The van der Waals surface area contributed by atoms with Gasteiger partial charge in [-0.1, -0.05) is 23.9 Å². The van der Waals surface area contributed by atoms with Gasteiger partial charge in [0.05, 0.1) is 12.7 Å². The summed E-state index contributed by atoms with van der Waals surface area (Å²) in [5.74, 6) is 2.64. The summed E-state index contributed by atoms with van der Waals surface area (Å²) in [6.07, 6.45) is 1.66. The topological polar surface area (TPSA) is 60.3 Å². The van der Waals surface area contributed by atoms with Gasteiger partial charge in [-0.3, -0.25) is 4.79 Å². The van der Waals surface area contributed by atoms with E-state index in [9.17, 15) is 4.79 Å². The van der Waals surface area contributed by atoms with Crippen molar-refractivity contribution in [3.63, 3.8) is 0 Å². The summed E-state index contributed by atoms with van der Waals surface area (Å²) in [7, 11) is 3.60. The van der Waals surface area contributed by atoms with E-state index in [1.807, 2.05) is 40.8 Å². The Labute approximate surface area is 139 Å². The molecule has 0 aliphatic carbocycles. The lowest BCUT2D eigenvalue weighted by molar-refractivity contribution is -0.127. The van der Waals surface area contributed by atoms with Crippen LogP contribution in [0.15, 0.2) is 29.4 Å². The third kappa shape index (κ3) is 3.34.